The van der Waals surface area contributed by atoms with E-state index in [0.29, 0.717) is 13.0 Å². The van der Waals surface area contributed by atoms with Gasteiger partial charge < -0.3 is 4.74 Å². The van der Waals surface area contributed by atoms with Gasteiger partial charge in [0.05, 0.1) is 6.61 Å². The zero-order valence-corrected chi connectivity index (χ0v) is 26.1. The number of hydrogen-bond acceptors (Lipinski definition) is 2. The largest absolute Gasteiger partial charge is 0.466 e. The summed E-state index contributed by atoms with van der Waals surface area (Å²) >= 11 is 0. The van der Waals surface area contributed by atoms with Crippen LogP contribution in [-0.4, -0.2) is 12.6 Å². The predicted molar refractivity (Wildman–Crippen MR) is 170 cm³/mol. The van der Waals surface area contributed by atoms with Crippen LogP contribution < -0.4 is 0 Å². The smallest absolute Gasteiger partial charge is 0.305 e. The molecule has 0 aromatic carbocycles. The molecule has 0 fully saturated rings. The Morgan fingerprint density at radius 2 is 0.816 bits per heavy atom. The second-order valence-corrected chi connectivity index (χ2v) is 11.5. The summed E-state index contributed by atoms with van der Waals surface area (Å²) < 4.78 is 5.43. The summed E-state index contributed by atoms with van der Waals surface area (Å²) in [4.78, 5) is 11.9. The molecule has 0 bridgehead atoms. The maximum absolute atomic E-state index is 11.9. The Balaban J connectivity index is 3.21. The van der Waals surface area contributed by atoms with E-state index in [4.69, 9.17) is 4.74 Å². The number of carbonyl (C=O) groups is 1. The van der Waals surface area contributed by atoms with Crippen molar-refractivity contribution in [2.75, 3.05) is 6.61 Å². The van der Waals surface area contributed by atoms with Gasteiger partial charge in [0.2, 0.25) is 0 Å². The summed E-state index contributed by atoms with van der Waals surface area (Å²) in [6.07, 6.45) is 45.2. The molecule has 0 N–H and O–H groups in total. The van der Waals surface area contributed by atoms with Crippen molar-refractivity contribution in [3.63, 3.8) is 0 Å². The molecule has 0 amide bonds. The van der Waals surface area contributed by atoms with Crippen LogP contribution in [0.1, 0.15) is 194 Å². The highest BCUT2D eigenvalue weighted by Gasteiger charge is 2.02. The maximum Gasteiger partial charge on any atom is 0.305 e. The first kappa shape index (κ1) is 37.0. The van der Waals surface area contributed by atoms with Crippen LogP contribution in [0.3, 0.4) is 0 Å². The van der Waals surface area contributed by atoms with Gasteiger partial charge in [-0.2, -0.15) is 0 Å². The fraction of sp³-hybridized carbons (Fsp3) is 0.861. The predicted octanol–water partition coefficient (Wildman–Crippen LogP) is 12.6. The number of unbranched alkanes of at least 4 members (excludes halogenated alkanes) is 23. The number of hydrogen-bond donors (Lipinski definition) is 0. The molecule has 2 heteroatoms. The third kappa shape index (κ3) is 33.0. The van der Waals surface area contributed by atoms with Crippen LogP contribution in [0.5, 0.6) is 0 Å². The van der Waals surface area contributed by atoms with Gasteiger partial charge in [-0.25, -0.2) is 0 Å². The molecular formula is C36H68O2. The molecule has 0 aliphatic carbocycles. The monoisotopic (exact) mass is 533 g/mol. The van der Waals surface area contributed by atoms with E-state index in [1.165, 1.54) is 154 Å². The zero-order valence-electron chi connectivity index (χ0n) is 26.1. The standard InChI is InChI=1S/C36H68O2/c1-3-5-7-9-11-13-15-17-19-21-23-25-27-29-31-33-35-38-36(37)34-32-30-28-26-24-22-20-18-16-14-12-10-8-6-4-2/h11,13,17,19H,3-10,12,14-16,18,20-35H2,1-2H3. The highest BCUT2D eigenvalue weighted by molar-refractivity contribution is 5.69. The third-order valence-electron chi connectivity index (χ3n) is 7.59. The quantitative estimate of drug-likeness (QED) is 0.0504. The van der Waals surface area contributed by atoms with Crippen molar-refractivity contribution in [3.05, 3.63) is 24.3 Å². The number of esters is 1. The van der Waals surface area contributed by atoms with E-state index in [1.807, 2.05) is 0 Å². The first-order chi connectivity index (χ1) is 18.8. The molecule has 0 atom stereocenters. The third-order valence-corrected chi connectivity index (χ3v) is 7.59. The summed E-state index contributed by atoms with van der Waals surface area (Å²) in [5, 5.41) is 0. The Kier molecular flexibility index (Phi) is 33.0. The van der Waals surface area contributed by atoms with Crippen LogP contribution in [-0.2, 0) is 9.53 Å². The number of carbonyl (C=O) groups excluding carboxylic acids is 1. The summed E-state index contributed by atoms with van der Waals surface area (Å²) in [5.74, 6) is 0.0160. The van der Waals surface area contributed by atoms with Crippen molar-refractivity contribution in [3.8, 4) is 0 Å². The van der Waals surface area contributed by atoms with Crippen molar-refractivity contribution in [2.24, 2.45) is 0 Å². The second-order valence-electron chi connectivity index (χ2n) is 11.5. The van der Waals surface area contributed by atoms with E-state index in [9.17, 15) is 4.79 Å². The summed E-state index contributed by atoms with van der Waals surface area (Å²) in [6, 6.07) is 0. The lowest BCUT2D eigenvalue weighted by Crippen LogP contribution is -2.05. The molecule has 0 aromatic rings. The van der Waals surface area contributed by atoms with Gasteiger partial charge in [-0.1, -0.05) is 167 Å². The van der Waals surface area contributed by atoms with Gasteiger partial charge in [0.1, 0.15) is 0 Å². The van der Waals surface area contributed by atoms with Crippen LogP contribution in [0.15, 0.2) is 24.3 Å². The van der Waals surface area contributed by atoms with E-state index in [0.717, 1.165) is 19.3 Å². The van der Waals surface area contributed by atoms with E-state index in [-0.39, 0.29) is 5.97 Å². The molecule has 0 aromatic heterocycles. The number of rotatable bonds is 31. The normalized spacial score (nSPS) is 11.7. The van der Waals surface area contributed by atoms with E-state index < -0.39 is 0 Å². The van der Waals surface area contributed by atoms with Gasteiger partial charge in [-0.05, 0) is 44.9 Å². The van der Waals surface area contributed by atoms with Crippen LogP contribution in [0.25, 0.3) is 0 Å². The van der Waals surface area contributed by atoms with Crippen molar-refractivity contribution < 1.29 is 9.53 Å². The molecule has 224 valence electrons. The molecular weight excluding hydrogens is 464 g/mol. The molecule has 38 heavy (non-hydrogen) atoms. The lowest BCUT2D eigenvalue weighted by atomic mass is 10.0. The number of ether oxygens (including phenoxy) is 1. The van der Waals surface area contributed by atoms with Crippen LogP contribution in [0.4, 0.5) is 0 Å². The molecule has 0 unspecified atom stereocenters. The molecule has 0 aliphatic rings. The lowest BCUT2D eigenvalue weighted by molar-refractivity contribution is -0.143. The van der Waals surface area contributed by atoms with Gasteiger partial charge in [-0.15, -0.1) is 0 Å². The molecule has 0 spiro atoms. The lowest BCUT2D eigenvalue weighted by Gasteiger charge is -2.05. The van der Waals surface area contributed by atoms with Gasteiger partial charge in [0, 0.05) is 6.42 Å². The molecule has 0 heterocycles. The average molecular weight is 533 g/mol. The van der Waals surface area contributed by atoms with Crippen LogP contribution in [0, 0.1) is 0 Å². The Hall–Kier alpha value is -1.05. The first-order valence-corrected chi connectivity index (χ1v) is 17.3. The highest BCUT2D eigenvalue weighted by atomic mass is 16.5. The Morgan fingerprint density at radius 3 is 1.32 bits per heavy atom. The average Bonchev–Trinajstić information content (AvgIpc) is 2.92. The minimum atomic E-state index is 0.0160. The molecule has 0 saturated heterocycles. The highest BCUT2D eigenvalue weighted by Crippen LogP contribution is 2.14. The zero-order chi connectivity index (χ0) is 27.6. The molecule has 0 radical (unpaired) electrons. The Morgan fingerprint density at radius 1 is 0.447 bits per heavy atom. The Labute approximate surface area is 239 Å². The minimum Gasteiger partial charge on any atom is -0.466 e. The maximum atomic E-state index is 11.9. The fourth-order valence-corrected chi connectivity index (χ4v) is 4.99. The Bertz CT molecular complexity index is 507. The number of allylic oxidation sites excluding steroid dienone is 4. The van der Waals surface area contributed by atoms with Crippen molar-refractivity contribution >= 4 is 5.97 Å². The van der Waals surface area contributed by atoms with Crippen molar-refractivity contribution in [1.82, 2.24) is 0 Å². The summed E-state index contributed by atoms with van der Waals surface area (Å²) in [6.45, 7) is 5.16. The van der Waals surface area contributed by atoms with Crippen molar-refractivity contribution in [1.29, 1.82) is 0 Å². The van der Waals surface area contributed by atoms with E-state index in [1.54, 1.807) is 0 Å². The van der Waals surface area contributed by atoms with Crippen molar-refractivity contribution in [2.45, 2.75) is 194 Å². The summed E-state index contributed by atoms with van der Waals surface area (Å²) in [5.41, 5.74) is 0. The van der Waals surface area contributed by atoms with E-state index in [2.05, 4.69) is 38.2 Å². The topological polar surface area (TPSA) is 26.3 Å². The molecule has 2 nitrogen and oxygen atoms in total. The van der Waals surface area contributed by atoms with Gasteiger partial charge in [0.25, 0.3) is 0 Å². The molecule has 0 rings (SSSR count). The van der Waals surface area contributed by atoms with Gasteiger partial charge in [0.15, 0.2) is 0 Å². The summed E-state index contributed by atoms with van der Waals surface area (Å²) in [7, 11) is 0. The molecule has 0 aliphatic heterocycles. The molecule has 0 saturated carbocycles. The van der Waals surface area contributed by atoms with E-state index >= 15 is 0 Å². The first-order valence-electron chi connectivity index (χ1n) is 17.3. The minimum absolute atomic E-state index is 0.0160. The van der Waals surface area contributed by atoms with Crippen LogP contribution >= 0.6 is 0 Å². The second kappa shape index (κ2) is 34.0. The fourth-order valence-electron chi connectivity index (χ4n) is 4.99. The van der Waals surface area contributed by atoms with Crippen LogP contribution in [0.2, 0.25) is 0 Å². The van der Waals surface area contributed by atoms with Gasteiger partial charge >= 0.3 is 5.97 Å². The van der Waals surface area contributed by atoms with Gasteiger partial charge in [-0.3, -0.25) is 4.79 Å². The SMILES string of the molecule is CCCCCC=CCC=CCCCCCCCCOC(=O)CCCCCCCCCCCCCCCCC.